The van der Waals surface area contributed by atoms with Crippen molar-refractivity contribution < 1.29 is 19.5 Å². The highest BCUT2D eigenvalue weighted by molar-refractivity contribution is 5.88. The van der Waals surface area contributed by atoms with Gasteiger partial charge in [0.1, 0.15) is 11.8 Å². The molecule has 120 valence electrons. The van der Waals surface area contributed by atoms with E-state index in [1.165, 1.54) is 6.92 Å². The third-order valence-corrected chi connectivity index (χ3v) is 3.07. The Balaban J connectivity index is 1.93. The van der Waals surface area contributed by atoms with Gasteiger partial charge in [0.2, 0.25) is 5.91 Å². The van der Waals surface area contributed by atoms with Crippen LogP contribution in [0, 0.1) is 0 Å². The number of carbonyl (C=O) groups excluding carboxylic acids is 1. The van der Waals surface area contributed by atoms with E-state index in [0.717, 1.165) is 5.56 Å². The van der Waals surface area contributed by atoms with Gasteiger partial charge in [-0.3, -0.25) is 9.59 Å². The molecule has 2 aromatic carbocycles. The Kier molecular flexibility index (Phi) is 5.71. The monoisotopic (exact) mass is 314 g/mol. The van der Waals surface area contributed by atoms with Crippen LogP contribution in [0.25, 0.3) is 0 Å². The number of carboxylic acids is 1. The van der Waals surface area contributed by atoms with Gasteiger partial charge in [-0.15, -0.1) is 5.48 Å². The lowest BCUT2D eigenvalue weighted by molar-refractivity contribution is -0.141. The largest absolute Gasteiger partial charge is 0.480 e. The second kappa shape index (κ2) is 7.95. The number of hydroxylamine groups is 1. The lowest BCUT2D eigenvalue weighted by Gasteiger charge is -2.15. The first-order valence-corrected chi connectivity index (χ1v) is 7.11. The zero-order chi connectivity index (χ0) is 16.7. The van der Waals surface area contributed by atoms with Crippen molar-refractivity contribution in [3.63, 3.8) is 0 Å². The smallest absolute Gasteiger partial charge is 0.324 e. The van der Waals surface area contributed by atoms with Gasteiger partial charge in [-0.25, -0.2) is 0 Å². The standard InChI is InChI=1S/C17H18N2O4/c1-12(20)18-14-7-9-15(10-8-14)23-19-16(17(21)22)11-13-5-3-2-4-6-13/h2-10,16,19H,11H2,1H3,(H,18,20)(H,21,22). The average molecular weight is 314 g/mol. The predicted octanol–water partition coefficient (Wildman–Crippen LogP) is 2.22. The minimum Gasteiger partial charge on any atom is -0.480 e. The molecule has 6 nitrogen and oxygen atoms in total. The molecule has 0 saturated heterocycles. The van der Waals surface area contributed by atoms with Crippen LogP contribution < -0.4 is 15.6 Å². The van der Waals surface area contributed by atoms with Crippen LogP contribution in [0.3, 0.4) is 0 Å². The highest BCUT2D eigenvalue weighted by Crippen LogP contribution is 2.15. The first-order chi connectivity index (χ1) is 11.0. The zero-order valence-electron chi connectivity index (χ0n) is 12.7. The fourth-order valence-electron chi connectivity index (χ4n) is 1.98. The van der Waals surface area contributed by atoms with Crippen molar-refractivity contribution in [1.82, 2.24) is 5.48 Å². The van der Waals surface area contributed by atoms with E-state index in [1.54, 1.807) is 24.3 Å². The average Bonchev–Trinajstić information content (AvgIpc) is 2.53. The van der Waals surface area contributed by atoms with Gasteiger partial charge >= 0.3 is 5.97 Å². The number of hydrogen-bond acceptors (Lipinski definition) is 4. The molecule has 0 bridgehead atoms. The summed E-state index contributed by atoms with van der Waals surface area (Å²) in [5.74, 6) is -0.701. The second-order valence-corrected chi connectivity index (χ2v) is 5.01. The van der Waals surface area contributed by atoms with E-state index in [2.05, 4.69) is 10.8 Å². The molecule has 0 fully saturated rings. The summed E-state index contributed by atoms with van der Waals surface area (Å²) in [4.78, 5) is 27.6. The first kappa shape index (κ1) is 16.5. The van der Waals surface area contributed by atoms with Crippen LogP contribution in [-0.2, 0) is 16.0 Å². The van der Waals surface area contributed by atoms with Crippen LogP contribution in [0.1, 0.15) is 12.5 Å². The molecule has 0 saturated carbocycles. The molecule has 0 aliphatic heterocycles. The van der Waals surface area contributed by atoms with Gasteiger partial charge in [0, 0.05) is 19.0 Å². The summed E-state index contributed by atoms with van der Waals surface area (Å²) in [6, 6.07) is 15.1. The van der Waals surface area contributed by atoms with Crippen molar-refractivity contribution in [2.75, 3.05) is 5.32 Å². The Morgan fingerprint density at radius 3 is 2.30 bits per heavy atom. The van der Waals surface area contributed by atoms with E-state index >= 15 is 0 Å². The Labute approximate surface area is 134 Å². The van der Waals surface area contributed by atoms with E-state index in [9.17, 15) is 14.7 Å². The Hall–Kier alpha value is -2.86. The number of carboxylic acid groups (broad SMARTS) is 1. The van der Waals surface area contributed by atoms with Crippen molar-refractivity contribution in [2.45, 2.75) is 19.4 Å². The Bertz CT molecular complexity index is 656. The van der Waals surface area contributed by atoms with Gasteiger partial charge in [0.15, 0.2) is 0 Å². The summed E-state index contributed by atoms with van der Waals surface area (Å²) in [5, 5.41) is 11.9. The summed E-state index contributed by atoms with van der Waals surface area (Å²) in [7, 11) is 0. The normalized spacial score (nSPS) is 11.5. The molecule has 0 heterocycles. The molecule has 6 heteroatoms. The topological polar surface area (TPSA) is 87.7 Å². The molecule has 0 spiro atoms. The molecule has 23 heavy (non-hydrogen) atoms. The third-order valence-electron chi connectivity index (χ3n) is 3.07. The van der Waals surface area contributed by atoms with E-state index in [-0.39, 0.29) is 5.91 Å². The highest BCUT2D eigenvalue weighted by Gasteiger charge is 2.18. The van der Waals surface area contributed by atoms with Crippen molar-refractivity contribution in [1.29, 1.82) is 0 Å². The molecule has 2 aromatic rings. The van der Waals surface area contributed by atoms with E-state index in [4.69, 9.17) is 4.84 Å². The number of carbonyl (C=O) groups is 2. The number of anilines is 1. The highest BCUT2D eigenvalue weighted by atomic mass is 16.6. The maximum absolute atomic E-state index is 11.3. The molecule has 0 radical (unpaired) electrons. The molecule has 3 N–H and O–H groups in total. The van der Waals surface area contributed by atoms with Crippen LogP contribution in [0.15, 0.2) is 54.6 Å². The van der Waals surface area contributed by atoms with Crippen LogP contribution >= 0.6 is 0 Å². The van der Waals surface area contributed by atoms with Crippen LogP contribution in [-0.4, -0.2) is 23.0 Å². The number of hydrogen-bond donors (Lipinski definition) is 3. The maximum atomic E-state index is 11.3. The van der Waals surface area contributed by atoms with Crippen LogP contribution in [0.2, 0.25) is 0 Å². The first-order valence-electron chi connectivity index (χ1n) is 7.11. The number of aliphatic carboxylic acids is 1. The van der Waals surface area contributed by atoms with E-state index in [0.29, 0.717) is 17.9 Å². The summed E-state index contributed by atoms with van der Waals surface area (Å²) >= 11 is 0. The minimum absolute atomic E-state index is 0.161. The van der Waals surface area contributed by atoms with Crippen LogP contribution in [0.5, 0.6) is 5.75 Å². The zero-order valence-corrected chi connectivity index (χ0v) is 12.7. The number of rotatable bonds is 7. The Morgan fingerprint density at radius 2 is 1.74 bits per heavy atom. The molecular formula is C17H18N2O4. The molecule has 1 atom stereocenters. The van der Waals surface area contributed by atoms with E-state index < -0.39 is 12.0 Å². The summed E-state index contributed by atoms with van der Waals surface area (Å²) in [6.07, 6.45) is 0.306. The van der Waals surface area contributed by atoms with Gasteiger partial charge < -0.3 is 15.3 Å². The lowest BCUT2D eigenvalue weighted by Crippen LogP contribution is -2.40. The third kappa shape index (κ3) is 5.44. The van der Waals surface area contributed by atoms with Crippen LogP contribution in [0.4, 0.5) is 5.69 Å². The second-order valence-electron chi connectivity index (χ2n) is 5.01. The minimum atomic E-state index is -0.997. The molecule has 1 amide bonds. The summed E-state index contributed by atoms with van der Waals surface area (Å²) in [5.41, 5.74) is 4.10. The molecule has 0 aliphatic rings. The summed E-state index contributed by atoms with van der Waals surface area (Å²) in [6.45, 7) is 1.42. The van der Waals surface area contributed by atoms with Gasteiger partial charge in [-0.1, -0.05) is 30.3 Å². The Morgan fingerprint density at radius 1 is 1.09 bits per heavy atom. The maximum Gasteiger partial charge on any atom is 0.324 e. The quantitative estimate of drug-likeness (QED) is 0.682. The number of benzene rings is 2. The number of amides is 1. The number of nitrogens with one attached hydrogen (secondary N) is 2. The summed E-state index contributed by atoms with van der Waals surface area (Å²) < 4.78 is 0. The van der Waals surface area contributed by atoms with Gasteiger partial charge in [0.25, 0.3) is 0 Å². The van der Waals surface area contributed by atoms with Gasteiger partial charge in [0.05, 0.1) is 0 Å². The molecule has 0 aliphatic carbocycles. The van der Waals surface area contributed by atoms with E-state index in [1.807, 2.05) is 30.3 Å². The molecular weight excluding hydrogens is 296 g/mol. The SMILES string of the molecule is CC(=O)Nc1ccc(ONC(Cc2ccccc2)C(=O)O)cc1. The van der Waals surface area contributed by atoms with Crippen molar-refractivity contribution in [3.8, 4) is 5.75 Å². The predicted molar refractivity (Wildman–Crippen MR) is 86.1 cm³/mol. The molecule has 2 rings (SSSR count). The fraction of sp³-hybridized carbons (Fsp3) is 0.176. The van der Waals surface area contributed by atoms with Crippen molar-refractivity contribution in [2.24, 2.45) is 0 Å². The fourth-order valence-corrected chi connectivity index (χ4v) is 1.98. The van der Waals surface area contributed by atoms with Crippen molar-refractivity contribution >= 4 is 17.6 Å². The molecule has 0 aromatic heterocycles. The molecule has 1 unspecified atom stereocenters. The lowest BCUT2D eigenvalue weighted by atomic mass is 10.1. The van der Waals surface area contributed by atoms with Crippen molar-refractivity contribution in [3.05, 3.63) is 60.2 Å². The van der Waals surface area contributed by atoms with Gasteiger partial charge in [-0.05, 0) is 29.8 Å². The van der Waals surface area contributed by atoms with Gasteiger partial charge in [-0.2, -0.15) is 0 Å².